The van der Waals surface area contributed by atoms with Gasteiger partial charge in [0.05, 0.1) is 39.9 Å². The summed E-state index contributed by atoms with van der Waals surface area (Å²) in [6.45, 7) is 4.55. The van der Waals surface area contributed by atoms with E-state index < -0.39 is 20.0 Å². The molecule has 0 saturated carbocycles. The quantitative estimate of drug-likeness (QED) is 0.0272. The van der Waals surface area contributed by atoms with Crippen LogP contribution in [-0.2, 0) is 18.4 Å². The van der Waals surface area contributed by atoms with E-state index in [9.17, 15) is 19.4 Å². The SMILES string of the molecule is CC/C=C\C/C=C\C/C=C\C/C=C\C/C=C\C/C=C\C/C=C\C/C=C\C/C=C\C/C=C\CCCCCCCCCCC(=O)NC(COP(=O)([O-])OCC[N+](C)(C)C)C(O)/C=C/CCCCCCCCCCCCCCCCCCCCCCCCCCCC. The number of hydrogen-bond donors (Lipinski definition) is 2. The topological polar surface area (TPSA) is 108 Å². The van der Waals surface area contributed by atoms with Gasteiger partial charge in [0, 0.05) is 6.42 Å². The Morgan fingerprint density at radius 3 is 1.00 bits per heavy atom. The summed E-state index contributed by atoms with van der Waals surface area (Å²) in [5.74, 6) is -0.208. The molecule has 0 fully saturated rings. The van der Waals surface area contributed by atoms with Gasteiger partial charge >= 0.3 is 0 Å². The largest absolute Gasteiger partial charge is 0.756 e. The maximum absolute atomic E-state index is 13.1. The smallest absolute Gasteiger partial charge is 0.268 e. The van der Waals surface area contributed by atoms with Crippen LogP contribution in [0.5, 0.6) is 0 Å². The van der Waals surface area contributed by atoms with E-state index in [0.717, 1.165) is 116 Å². The van der Waals surface area contributed by atoms with Crippen molar-refractivity contribution in [3.63, 3.8) is 0 Å². The lowest BCUT2D eigenvalue weighted by Gasteiger charge is -2.29. The van der Waals surface area contributed by atoms with Crippen molar-refractivity contribution in [1.29, 1.82) is 0 Å². The summed E-state index contributed by atoms with van der Waals surface area (Å²) in [7, 11) is 1.25. The fourth-order valence-corrected chi connectivity index (χ4v) is 11.1. The van der Waals surface area contributed by atoms with E-state index in [4.69, 9.17) is 9.05 Å². The molecular weight excluding hydrogens is 1120 g/mol. The molecule has 3 atom stereocenters. The number of amides is 1. The van der Waals surface area contributed by atoms with Crippen LogP contribution in [0.1, 0.15) is 316 Å². The van der Waals surface area contributed by atoms with Crippen LogP contribution < -0.4 is 10.2 Å². The van der Waals surface area contributed by atoms with E-state index in [0.29, 0.717) is 17.4 Å². The molecule has 0 rings (SSSR count). The number of carbonyl (C=O) groups is 1. The number of nitrogens with zero attached hydrogens (tertiary/aromatic N) is 1. The molecule has 9 heteroatoms. The van der Waals surface area contributed by atoms with Gasteiger partial charge in [-0.15, -0.1) is 0 Å². The number of carbonyl (C=O) groups excluding carboxylic acids is 1. The van der Waals surface area contributed by atoms with Crippen LogP contribution in [0.25, 0.3) is 0 Å². The van der Waals surface area contributed by atoms with Crippen molar-refractivity contribution in [3.05, 3.63) is 134 Å². The predicted molar refractivity (Wildman–Crippen MR) is 389 cm³/mol. The molecule has 1 amide bonds. The van der Waals surface area contributed by atoms with E-state index in [1.165, 1.54) is 180 Å². The summed E-state index contributed by atoms with van der Waals surface area (Å²) < 4.78 is 23.5. The highest BCUT2D eigenvalue weighted by molar-refractivity contribution is 7.45. The highest BCUT2D eigenvalue weighted by Crippen LogP contribution is 2.38. The van der Waals surface area contributed by atoms with E-state index in [2.05, 4.69) is 141 Å². The third kappa shape index (κ3) is 71.9. The second kappa shape index (κ2) is 69.0. The minimum Gasteiger partial charge on any atom is -0.756 e. The van der Waals surface area contributed by atoms with Gasteiger partial charge in [-0.1, -0.05) is 347 Å². The van der Waals surface area contributed by atoms with Crippen LogP contribution in [0, 0.1) is 0 Å². The number of aliphatic hydroxyl groups excluding tert-OH is 1. The van der Waals surface area contributed by atoms with E-state index in [1.54, 1.807) is 6.08 Å². The molecular formula is C80H141N2O6P. The van der Waals surface area contributed by atoms with Gasteiger partial charge in [-0.25, -0.2) is 0 Å². The first-order valence-electron chi connectivity index (χ1n) is 37.0. The third-order valence-corrected chi connectivity index (χ3v) is 17.1. The van der Waals surface area contributed by atoms with Gasteiger partial charge in [0.25, 0.3) is 7.82 Å². The lowest BCUT2D eigenvalue weighted by atomic mass is 10.0. The maximum Gasteiger partial charge on any atom is 0.268 e. The van der Waals surface area contributed by atoms with Crippen molar-refractivity contribution in [2.45, 2.75) is 328 Å². The monoisotopic (exact) mass is 1260 g/mol. The van der Waals surface area contributed by atoms with Crippen molar-refractivity contribution in [2.75, 3.05) is 40.9 Å². The number of likely N-dealkylation sites (N-methyl/N-ethyl adjacent to an activating group) is 1. The number of rotatable bonds is 67. The van der Waals surface area contributed by atoms with Crippen molar-refractivity contribution in [2.24, 2.45) is 0 Å². The Morgan fingerprint density at radius 2 is 0.685 bits per heavy atom. The molecule has 8 nitrogen and oxygen atoms in total. The van der Waals surface area contributed by atoms with Crippen LogP contribution in [0.4, 0.5) is 0 Å². The number of phosphoric acid groups is 1. The molecule has 0 bridgehead atoms. The number of unbranched alkanes of at least 4 members (excludes halogenated alkanes) is 34. The Morgan fingerprint density at radius 1 is 0.404 bits per heavy atom. The van der Waals surface area contributed by atoms with Crippen LogP contribution in [0.2, 0.25) is 0 Å². The van der Waals surface area contributed by atoms with Crippen molar-refractivity contribution < 1.29 is 32.9 Å². The van der Waals surface area contributed by atoms with Gasteiger partial charge < -0.3 is 28.8 Å². The average molecular weight is 1260 g/mol. The van der Waals surface area contributed by atoms with Crippen LogP contribution in [0.15, 0.2) is 134 Å². The Hall–Kier alpha value is -3.36. The highest BCUT2D eigenvalue weighted by atomic mass is 31.2. The molecule has 0 aliphatic carbocycles. The predicted octanol–water partition coefficient (Wildman–Crippen LogP) is 23.5. The summed E-state index contributed by atoms with van der Waals surface area (Å²) in [4.78, 5) is 25.7. The minimum atomic E-state index is -4.62. The first kappa shape index (κ1) is 85.6. The molecule has 0 aromatic heterocycles. The van der Waals surface area contributed by atoms with Crippen molar-refractivity contribution in [1.82, 2.24) is 5.32 Å². The van der Waals surface area contributed by atoms with Crippen molar-refractivity contribution in [3.8, 4) is 0 Å². The number of quaternary nitrogens is 1. The van der Waals surface area contributed by atoms with Crippen molar-refractivity contribution >= 4 is 13.7 Å². The van der Waals surface area contributed by atoms with E-state index in [1.807, 2.05) is 27.2 Å². The lowest BCUT2D eigenvalue weighted by molar-refractivity contribution is -0.870. The number of allylic oxidation sites excluding steroid dienone is 21. The Bertz CT molecular complexity index is 1920. The molecule has 0 aliphatic heterocycles. The van der Waals surface area contributed by atoms with Gasteiger partial charge in [0.15, 0.2) is 0 Å². The molecule has 0 aromatic rings. The number of phosphoric ester groups is 1. The number of aliphatic hydroxyl groups is 1. The first-order valence-corrected chi connectivity index (χ1v) is 38.5. The summed E-state index contributed by atoms with van der Waals surface area (Å²) in [5.41, 5.74) is 0. The molecule has 89 heavy (non-hydrogen) atoms. The zero-order chi connectivity index (χ0) is 64.8. The molecule has 0 spiro atoms. The fraction of sp³-hybridized carbons (Fsp3) is 0.713. The highest BCUT2D eigenvalue weighted by Gasteiger charge is 2.23. The molecule has 0 aromatic carbocycles. The van der Waals surface area contributed by atoms with Gasteiger partial charge in [0.1, 0.15) is 13.2 Å². The zero-order valence-corrected chi connectivity index (χ0v) is 59.5. The van der Waals surface area contributed by atoms with Crippen LogP contribution in [-0.4, -0.2) is 68.5 Å². The number of nitrogens with one attached hydrogen (secondary N) is 1. The second-order valence-corrected chi connectivity index (χ2v) is 27.3. The molecule has 512 valence electrons. The zero-order valence-electron chi connectivity index (χ0n) is 58.6. The molecule has 3 unspecified atom stereocenters. The molecule has 0 aliphatic rings. The summed E-state index contributed by atoms with van der Waals surface area (Å²) in [5, 5.41) is 14.0. The standard InChI is InChI=1S/C80H141N2O6P/c1-6-8-10-12-14-16-18-20-22-24-26-28-30-32-34-36-37-38-39-40-41-42-43-44-45-46-48-50-52-54-56-58-60-62-64-66-68-70-72-74-80(84)81-78(77-88-89(85,86)87-76-75-82(3,4)5)79(83)73-71-69-67-65-63-61-59-57-55-53-51-49-47-35-33-31-29-27-25-23-21-19-17-15-13-11-9-7-2/h8,10,14,16,20,22,26,28,32,34,37-38,40-41,43-44,46,48,52,54,71,73,78-79,83H,6-7,9,11-13,15,17-19,21,23-25,27,29-31,33,35-36,39,42,45,47,49-51,53,55-70,72,74-77H2,1-5H3,(H-,81,84,85,86)/b10-8-,16-14-,22-20-,28-26-,34-32-,38-37-,41-40-,44-43-,48-46-,54-52-,73-71+. The maximum atomic E-state index is 13.1. The van der Waals surface area contributed by atoms with Gasteiger partial charge in [-0.05, 0) is 96.3 Å². The minimum absolute atomic E-state index is 0.00839. The molecule has 0 saturated heterocycles. The Kier molecular flexibility index (Phi) is 66.4. The average Bonchev–Trinajstić information content (AvgIpc) is 3.55. The van der Waals surface area contributed by atoms with E-state index >= 15 is 0 Å². The fourth-order valence-electron chi connectivity index (χ4n) is 10.4. The Labute approximate surface area is 551 Å². The summed E-state index contributed by atoms with van der Waals surface area (Å²) in [6.07, 6.45) is 104. The van der Waals surface area contributed by atoms with Gasteiger partial charge in [-0.2, -0.15) is 0 Å². The molecule has 0 radical (unpaired) electrons. The molecule has 0 heterocycles. The van der Waals surface area contributed by atoms with Crippen LogP contribution >= 0.6 is 7.82 Å². The van der Waals surface area contributed by atoms with Gasteiger partial charge in [-0.3, -0.25) is 9.36 Å². The summed E-state index contributed by atoms with van der Waals surface area (Å²) >= 11 is 0. The second-order valence-electron chi connectivity index (χ2n) is 25.9. The van der Waals surface area contributed by atoms with E-state index in [-0.39, 0.29) is 19.1 Å². The Balaban J connectivity index is 4.13. The van der Waals surface area contributed by atoms with Crippen LogP contribution in [0.3, 0.4) is 0 Å². The summed E-state index contributed by atoms with van der Waals surface area (Å²) in [6, 6.07) is -0.902. The first-order chi connectivity index (χ1) is 43.5. The lowest BCUT2D eigenvalue weighted by Crippen LogP contribution is -2.45. The molecule has 2 N–H and O–H groups in total. The normalized spacial score (nSPS) is 14.4. The number of hydrogen-bond acceptors (Lipinski definition) is 6. The third-order valence-electron chi connectivity index (χ3n) is 16.1. The van der Waals surface area contributed by atoms with Gasteiger partial charge in [0.2, 0.25) is 5.91 Å².